The predicted molar refractivity (Wildman–Crippen MR) is 217 cm³/mol. The van der Waals surface area contributed by atoms with Crippen LogP contribution in [0.2, 0.25) is 0 Å². The summed E-state index contributed by atoms with van der Waals surface area (Å²) in [4.78, 5) is 31.8. The van der Waals surface area contributed by atoms with Crippen LogP contribution in [-0.2, 0) is 25.7 Å². The molecule has 8 nitrogen and oxygen atoms in total. The second-order valence-corrected chi connectivity index (χ2v) is 17.0. The van der Waals surface area contributed by atoms with Crippen LogP contribution in [0.25, 0.3) is 0 Å². The fraction of sp³-hybridized carbons (Fsp3) is 0.368. The summed E-state index contributed by atoms with van der Waals surface area (Å²) in [6, 6.07) is 8.40. The van der Waals surface area contributed by atoms with Gasteiger partial charge in [-0.2, -0.15) is 0 Å². The molecule has 2 aliphatic rings. The summed E-state index contributed by atoms with van der Waals surface area (Å²) in [5.41, 5.74) is 5.77. The van der Waals surface area contributed by atoms with Gasteiger partial charge in [-0.3, -0.25) is 9.98 Å². The molecule has 0 unspecified atom stereocenters. The number of hydrogen-bond acceptors (Lipinski definition) is 10. The van der Waals surface area contributed by atoms with E-state index in [2.05, 4.69) is 117 Å². The van der Waals surface area contributed by atoms with Crippen molar-refractivity contribution < 1.29 is 0 Å². The minimum absolute atomic E-state index is 0.921. The second-order valence-electron chi connectivity index (χ2n) is 12.1. The number of aliphatic imine (C=N–C) groups is 2. The monoisotopic (exact) mass is 744 g/mol. The van der Waals surface area contributed by atoms with Crippen molar-refractivity contribution in [2.45, 2.75) is 67.2 Å². The highest BCUT2D eigenvalue weighted by molar-refractivity contribution is 7.12. The van der Waals surface area contributed by atoms with E-state index < -0.39 is 0 Å². The highest BCUT2D eigenvalue weighted by Crippen LogP contribution is 2.28. The van der Waals surface area contributed by atoms with Crippen molar-refractivity contribution in [1.82, 2.24) is 30.6 Å². The van der Waals surface area contributed by atoms with Gasteiger partial charge in [0.2, 0.25) is 0 Å². The molecule has 8 rings (SSSR count). The maximum atomic E-state index is 4.43. The van der Waals surface area contributed by atoms with E-state index in [1.54, 1.807) is 35.1 Å². The first kappa shape index (κ1) is 37.4. The van der Waals surface area contributed by atoms with E-state index in [4.69, 9.17) is 0 Å². The van der Waals surface area contributed by atoms with E-state index in [9.17, 15) is 0 Å². The fourth-order valence-corrected chi connectivity index (χ4v) is 9.20. The van der Waals surface area contributed by atoms with Crippen molar-refractivity contribution in [3.8, 4) is 0 Å². The van der Waals surface area contributed by atoms with Crippen LogP contribution in [0.15, 0.2) is 69.8 Å². The number of aromatic amines is 2. The number of H-pyrrole nitrogens is 2. The Kier molecular flexibility index (Phi) is 14.2. The number of thiophene rings is 4. The van der Waals surface area contributed by atoms with E-state index in [0.29, 0.717) is 0 Å². The molecule has 0 bridgehead atoms. The number of imidazole rings is 2. The summed E-state index contributed by atoms with van der Waals surface area (Å²) in [5, 5.41) is 10.8. The third kappa shape index (κ3) is 11.1. The van der Waals surface area contributed by atoms with E-state index in [1.807, 2.05) is 35.1 Å². The molecule has 50 heavy (non-hydrogen) atoms. The third-order valence-electron chi connectivity index (χ3n) is 8.55. The maximum Gasteiger partial charge on any atom is 0.111 e. The van der Waals surface area contributed by atoms with Gasteiger partial charge in [0.25, 0.3) is 0 Å². The van der Waals surface area contributed by atoms with Crippen LogP contribution < -0.4 is 10.6 Å². The molecule has 4 N–H and O–H groups in total. The number of amidine groups is 2. The van der Waals surface area contributed by atoms with Crippen molar-refractivity contribution in [1.29, 1.82) is 0 Å². The number of aromatic nitrogens is 4. The number of aryl methyl sites for hydroxylation is 4. The number of nitrogens with zero attached hydrogens (tertiary/aromatic N) is 4. The molecule has 0 fully saturated rings. The first-order chi connectivity index (χ1) is 24.3. The lowest BCUT2D eigenvalue weighted by molar-refractivity contribution is 0.952. The smallest absolute Gasteiger partial charge is 0.111 e. The molecule has 0 aliphatic carbocycles. The second kappa shape index (κ2) is 19.0. The molecule has 0 aromatic carbocycles. The van der Waals surface area contributed by atoms with Crippen LogP contribution >= 0.6 is 45.3 Å². The third-order valence-corrected chi connectivity index (χ3v) is 12.6. The summed E-state index contributed by atoms with van der Waals surface area (Å²) in [6.07, 6.45) is 11.1. The topological polar surface area (TPSA) is 106 Å². The molecule has 6 aromatic rings. The summed E-state index contributed by atoms with van der Waals surface area (Å²) >= 11 is 7.32. The van der Waals surface area contributed by atoms with E-state index in [-0.39, 0.29) is 0 Å². The van der Waals surface area contributed by atoms with Gasteiger partial charge in [0.05, 0.1) is 13.1 Å². The standard InChI is InChI=1S/C11H16N2S.C11H14N2S.C8H10N2S.C8H8N2S/c2*1-7-8(2)14-9(3)10(7)6-11-12-4-5-13-11;2*1-2-7(11-5-1)6-8-9-3-4-10-8/h4-6H2,1-3H3,(H,12,13);4-5H,6H2,1-3H3,(H,12,13);1-2,5H,3-4,6H2,(H,9,10);1-5H,6H2,(H,9,10). The Morgan fingerprint density at radius 2 is 1.06 bits per heavy atom. The highest BCUT2D eigenvalue weighted by Gasteiger charge is 2.14. The first-order valence-electron chi connectivity index (χ1n) is 16.9. The van der Waals surface area contributed by atoms with E-state index >= 15 is 0 Å². The highest BCUT2D eigenvalue weighted by atomic mass is 32.1. The van der Waals surface area contributed by atoms with Gasteiger partial charge >= 0.3 is 0 Å². The molecule has 264 valence electrons. The van der Waals surface area contributed by atoms with E-state index in [1.165, 1.54) is 51.5 Å². The van der Waals surface area contributed by atoms with Crippen molar-refractivity contribution in [3.63, 3.8) is 0 Å². The number of rotatable bonds is 8. The van der Waals surface area contributed by atoms with Gasteiger partial charge in [0.15, 0.2) is 0 Å². The molecule has 0 atom stereocenters. The molecule has 12 heteroatoms. The Hall–Kier alpha value is -3.84. The molecule has 0 radical (unpaired) electrons. The first-order valence-corrected chi connectivity index (χ1v) is 20.3. The Morgan fingerprint density at radius 1 is 0.580 bits per heavy atom. The Morgan fingerprint density at radius 3 is 1.46 bits per heavy atom. The van der Waals surface area contributed by atoms with Crippen LogP contribution in [0.1, 0.15) is 63.2 Å². The normalized spacial score (nSPS) is 13.2. The molecule has 0 saturated carbocycles. The molecule has 0 saturated heterocycles. The molecule has 2 aliphatic heterocycles. The van der Waals surface area contributed by atoms with Gasteiger partial charge in [-0.1, -0.05) is 12.1 Å². The van der Waals surface area contributed by atoms with Crippen molar-refractivity contribution in [2.24, 2.45) is 9.98 Å². The SMILES string of the molecule is Cc1sc(C)c(CC2=NCCN2)c1C.Cc1sc(C)c(Cc2ncc[nH]2)c1C.c1csc(CC2=NCCN2)c1.c1csc(Cc2ncc[nH]2)c1. The zero-order valence-electron chi connectivity index (χ0n) is 29.9. The minimum Gasteiger partial charge on any atom is -0.372 e. The Bertz CT molecular complexity index is 1880. The zero-order valence-corrected chi connectivity index (χ0v) is 33.1. The predicted octanol–water partition coefficient (Wildman–Crippen LogP) is 8.56. The quantitative estimate of drug-likeness (QED) is 0.125. The molecule has 0 spiro atoms. The van der Waals surface area contributed by atoms with Gasteiger partial charge < -0.3 is 20.6 Å². The summed E-state index contributed by atoms with van der Waals surface area (Å²) in [6.45, 7) is 17.1. The summed E-state index contributed by atoms with van der Waals surface area (Å²) in [5.74, 6) is 4.39. The number of nitrogens with one attached hydrogen (secondary N) is 4. The van der Waals surface area contributed by atoms with Gasteiger partial charge in [0, 0.05) is 92.8 Å². The molecule has 6 aromatic heterocycles. The average Bonchev–Trinajstić information content (AvgIpc) is 3.96. The minimum atomic E-state index is 0.921. The average molecular weight is 745 g/mol. The fourth-order valence-electron chi connectivity index (χ4n) is 5.61. The van der Waals surface area contributed by atoms with E-state index in [0.717, 1.165) is 75.2 Å². The van der Waals surface area contributed by atoms with Crippen molar-refractivity contribution in [2.75, 3.05) is 26.2 Å². The molecular weight excluding hydrogens is 697 g/mol. The zero-order chi connectivity index (χ0) is 35.3. The van der Waals surface area contributed by atoms with Crippen molar-refractivity contribution in [3.05, 3.63) is 123 Å². The summed E-state index contributed by atoms with van der Waals surface area (Å²) in [7, 11) is 0. The van der Waals surface area contributed by atoms with Crippen LogP contribution in [-0.4, -0.2) is 57.8 Å². The van der Waals surface area contributed by atoms with Crippen LogP contribution in [0, 0.1) is 41.5 Å². The molecule has 0 amide bonds. The molecule has 8 heterocycles. The lowest BCUT2D eigenvalue weighted by Gasteiger charge is -2.03. The maximum absolute atomic E-state index is 4.43. The van der Waals surface area contributed by atoms with Crippen LogP contribution in [0.5, 0.6) is 0 Å². The lowest BCUT2D eigenvalue weighted by atomic mass is 10.1. The largest absolute Gasteiger partial charge is 0.372 e. The Labute approximate surface area is 312 Å². The molecular formula is C38H48N8S4. The van der Waals surface area contributed by atoms with Crippen LogP contribution in [0.4, 0.5) is 0 Å². The summed E-state index contributed by atoms with van der Waals surface area (Å²) < 4.78 is 0. The Balaban J connectivity index is 0.000000130. The van der Waals surface area contributed by atoms with Gasteiger partial charge in [-0.25, -0.2) is 9.97 Å². The lowest BCUT2D eigenvalue weighted by Crippen LogP contribution is -2.20. The van der Waals surface area contributed by atoms with Gasteiger partial charge in [-0.05, 0) is 86.7 Å². The van der Waals surface area contributed by atoms with Crippen molar-refractivity contribution >= 4 is 57.0 Å². The van der Waals surface area contributed by atoms with Crippen LogP contribution in [0.3, 0.4) is 0 Å². The van der Waals surface area contributed by atoms with Gasteiger partial charge in [-0.15, -0.1) is 45.3 Å². The number of hydrogen-bond donors (Lipinski definition) is 4. The van der Waals surface area contributed by atoms with Gasteiger partial charge in [0.1, 0.15) is 23.3 Å².